The Morgan fingerprint density at radius 2 is 1.73 bits per heavy atom. The van der Waals surface area contributed by atoms with E-state index in [4.69, 9.17) is 0 Å². The first-order chi connectivity index (χ1) is 7.38. The number of hydrogen-bond donors (Lipinski definition) is 2. The van der Waals surface area contributed by atoms with Crippen molar-refractivity contribution in [3.8, 4) is 0 Å². The topological polar surface area (TPSA) is 27.3 Å². The molecule has 1 saturated heterocycles. The maximum absolute atomic E-state index is 3.60. The molecule has 0 saturated carbocycles. The Kier molecular flexibility index (Phi) is 6.98. The van der Waals surface area contributed by atoms with Crippen LogP contribution in [-0.2, 0) is 0 Å². The van der Waals surface area contributed by atoms with E-state index in [9.17, 15) is 0 Å². The number of nitrogens with zero attached hydrogens (tertiary/aromatic N) is 1. The molecule has 1 heterocycles. The zero-order chi connectivity index (χ0) is 10.9. The number of hydrogen-bond acceptors (Lipinski definition) is 3. The van der Waals surface area contributed by atoms with E-state index in [-0.39, 0.29) is 0 Å². The minimum atomic E-state index is 0.567. The molecule has 15 heavy (non-hydrogen) atoms. The second-order valence-corrected chi connectivity index (χ2v) is 4.42. The molecule has 90 valence electrons. The first-order valence-corrected chi connectivity index (χ1v) is 6.56. The largest absolute Gasteiger partial charge is 0.313 e. The molecule has 3 nitrogen and oxygen atoms in total. The first kappa shape index (κ1) is 12.9. The Labute approximate surface area is 94.6 Å². The third kappa shape index (κ3) is 4.96. The molecule has 1 atom stereocenters. The maximum Gasteiger partial charge on any atom is 0.0726 e. The van der Waals surface area contributed by atoms with E-state index in [0.717, 1.165) is 19.6 Å². The van der Waals surface area contributed by atoms with Crippen LogP contribution in [0.2, 0.25) is 0 Å². The fourth-order valence-electron chi connectivity index (χ4n) is 2.04. The molecule has 0 spiro atoms. The molecule has 1 rings (SSSR count). The second-order valence-electron chi connectivity index (χ2n) is 4.42. The molecule has 0 bridgehead atoms. The highest BCUT2D eigenvalue weighted by atomic mass is 15.3. The van der Waals surface area contributed by atoms with Gasteiger partial charge in [-0.1, -0.05) is 26.7 Å². The summed E-state index contributed by atoms with van der Waals surface area (Å²) in [6.07, 6.45) is 5.80. The summed E-state index contributed by atoms with van der Waals surface area (Å²) in [6.45, 7) is 10.4. The highest BCUT2D eigenvalue weighted by Gasteiger charge is 2.18. The summed E-state index contributed by atoms with van der Waals surface area (Å²) in [7, 11) is 0. The first-order valence-electron chi connectivity index (χ1n) is 6.56. The van der Waals surface area contributed by atoms with Crippen LogP contribution in [0.15, 0.2) is 0 Å². The van der Waals surface area contributed by atoms with Gasteiger partial charge in [0.2, 0.25) is 0 Å². The van der Waals surface area contributed by atoms with E-state index >= 15 is 0 Å². The average molecular weight is 213 g/mol. The van der Waals surface area contributed by atoms with E-state index in [1.165, 1.54) is 38.8 Å². The molecule has 1 aliphatic rings. The lowest BCUT2D eigenvalue weighted by molar-refractivity contribution is 0.143. The van der Waals surface area contributed by atoms with Crippen LogP contribution in [-0.4, -0.2) is 43.8 Å². The zero-order valence-electron chi connectivity index (χ0n) is 10.4. The van der Waals surface area contributed by atoms with Crippen molar-refractivity contribution in [2.75, 3.05) is 32.7 Å². The van der Waals surface area contributed by atoms with E-state index in [1.807, 2.05) is 0 Å². The number of nitrogens with one attached hydrogen (secondary N) is 2. The number of unbranched alkanes of at least 4 members (excludes halogenated alkanes) is 2. The fourth-order valence-corrected chi connectivity index (χ4v) is 2.04. The Bertz CT molecular complexity index is 136. The van der Waals surface area contributed by atoms with Crippen molar-refractivity contribution in [3.05, 3.63) is 0 Å². The Morgan fingerprint density at radius 3 is 2.20 bits per heavy atom. The lowest BCUT2D eigenvalue weighted by Gasteiger charge is -2.35. The van der Waals surface area contributed by atoms with E-state index in [1.54, 1.807) is 0 Å². The zero-order valence-corrected chi connectivity index (χ0v) is 10.4. The van der Waals surface area contributed by atoms with Crippen molar-refractivity contribution in [1.29, 1.82) is 0 Å². The SMILES string of the molecule is CCCCN(CCCC)C1CNCCN1. The summed E-state index contributed by atoms with van der Waals surface area (Å²) in [6, 6.07) is 0. The predicted molar refractivity (Wildman–Crippen MR) is 66.0 cm³/mol. The van der Waals surface area contributed by atoms with Gasteiger partial charge in [-0.15, -0.1) is 0 Å². The lowest BCUT2D eigenvalue weighted by atomic mass is 10.2. The minimum absolute atomic E-state index is 0.567. The van der Waals surface area contributed by atoms with E-state index in [2.05, 4.69) is 29.4 Å². The molecule has 0 radical (unpaired) electrons. The Hall–Kier alpha value is -0.120. The monoisotopic (exact) mass is 213 g/mol. The quantitative estimate of drug-likeness (QED) is 0.669. The number of rotatable bonds is 7. The van der Waals surface area contributed by atoms with Gasteiger partial charge in [-0.05, 0) is 25.9 Å². The molecule has 0 aliphatic carbocycles. The summed E-state index contributed by atoms with van der Waals surface area (Å²) in [5.41, 5.74) is 0. The standard InChI is InChI=1S/C12H27N3/c1-3-5-9-15(10-6-4-2)12-11-13-7-8-14-12/h12-14H,3-11H2,1-2H3. The smallest absolute Gasteiger partial charge is 0.0726 e. The van der Waals surface area contributed by atoms with E-state index in [0.29, 0.717) is 6.17 Å². The van der Waals surface area contributed by atoms with Gasteiger partial charge in [-0.25, -0.2) is 0 Å². The van der Waals surface area contributed by atoms with Crippen molar-refractivity contribution in [1.82, 2.24) is 15.5 Å². The molecular weight excluding hydrogens is 186 g/mol. The Morgan fingerprint density at radius 1 is 1.07 bits per heavy atom. The normalized spacial score (nSPS) is 22.2. The van der Waals surface area contributed by atoms with Crippen molar-refractivity contribution >= 4 is 0 Å². The van der Waals surface area contributed by atoms with Gasteiger partial charge in [-0.3, -0.25) is 10.2 Å². The molecular formula is C12H27N3. The van der Waals surface area contributed by atoms with E-state index < -0.39 is 0 Å². The van der Waals surface area contributed by atoms with Gasteiger partial charge in [-0.2, -0.15) is 0 Å². The van der Waals surface area contributed by atoms with Gasteiger partial charge < -0.3 is 5.32 Å². The van der Waals surface area contributed by atoms with Gasteiger partial charge >= 0.3 is 0 Å². The van der Waals surface area contributed by atoms with Crippen LogP contribution in [0.25, 0.3) is 0 Å². The molecule has 3 heteroatoms. The number of piperazine rings is 1. The molecule has 0 aromatic rings. The third-order valence-electron chi connectivity index (χ3n) is 3.06. The van der Waals surface area contributed by atoms with Crippen molar-refractivity contribution in [3.63, 3.8) is 0 Å². The molecule has 0 aromatic heterocycles. The molecule has 0 amide bonds. The molecule has 1 fully saturated rings. The molecule has 1 aliphatic heterocycles. The maximum atomic E-state index is 3.60. The van der Waals surface area contributed by atoms with Crippen molar-refractivity contribution in [2.45, 2.75) is 45.7 Å². The Balaban J connectivity index is 2.30. The highest BCUT2D eigenvalue weighted by Crippen LogP contribution is 2.04. The van der Waals surface area contributed by atoms with Crippen LogP contribution in [0, 0.1) is 0 Å². The third-order valence-corrected chi connectivity index (χ3v) is 3.06. The van der Waals surface area contributed by atoms with Crippen LogP contribution in [0.5, 0.6) is 0 Å². The van der Waals surface area contributed by atoms with Crippen LogP contribution in [0.3, 0.4) is 0 Å². The van der Waals surface area contributed by atoms with Crippen LogP contribution >= 0.6 is 0 Å². The van der Waals surface area contributed by atoms with Gasteiger partial charge in [0.15, 0.2) is 0 Å². The second kappa shape index (κ2) is 8.08. The molecule has 1 unspecified atom stereocenters. The van der Waals surface area contributed by atoms with Gasteiger partial charge in [0.1, 0.15) is 0 Å². The minimum Gasteiger partial charge on any atom is -0.313 e. The summed E-state index contributed by atoms with van der Waals surface area (Å²) in [5, 5.41) is 7.06. The van der Waals surface area contributed by atoms with Crippen molar-refractivity contribution in [2.24, 2.45) is 0 Å². The van der Waals surface area contributed by atoms with Crippen molar-refractivity contribution < 1.29 is 0 Å². The summed E-state index contributed by atoms with van der Waals surface area (Å²) >= 11 is 0. The summed E-state index contributed by atoms with van der Waals surface area (Å²) < 4.78 is 0. The van der Waals surface area contributed by atoms with Crippen LogP contribution < -0.4 is 10.6 Å². The molecule has 0 aromatic carbocycles. The van der Waals surface area contributed by atoms with Gasteiger partial charge in [0.05, 0.1) is 6.17 Å². The van der Waals surface area contributed by atoms with Gasteiger partial charge in [0.25, 0.3) is 0 Å². The highest BCUT2D eigenvalue weighted by molar-refractivity contribution is 4.76. The lowest BCUT2D eigenvalue weighted by Crippen LogP contribution is -2.57. The molecule has 2 N–H and O–H groups in total. The predicted octanol–water partition coefficient (Wildman–Crippen LogP) is 1.41. The van der Waals surface area contributed by atoms with Gasteiger partial charge in [0, 0.05) is 19.6 Å². The van der Waals surface area contributed by atoms with Crippen LogP contribution in [0.1, 0.15) is 39.5 Å². The summed E-state index contributed by atoms with van der Waals surface area (Å²) in [4.78, 5) is 2.61. The fraction of sp³-hybridized carbons (Fsp3) is 1.00. The summed E-state index contributed by atoms with van der Waals surface area (Å²) in [5.74, 6) is 0. The van der Waals surface area contributed by atoms with Crippen LogP contribution in [0.4, 0.5) is 0 Å². The average Bonchev–Trinajstić information content (AvgIpc) is 2.30.